The quantitative estimate of drug-likeness (QED) is 0.759. The van der Waals surface area contributed by atoms with E-state index >= 15 is 0 Å². The number of hydrogen-bond acceptors (Lipinski definition) is 5. The molecule has 2 heterocycles. The highest BCUT2D eigenvalue weighted by molar-refractivity contribution is 5.57. The SMILES string of the molecule is Cn1cc(C(F)(F)F)nc1-c1ccc(Cc2ncc(N)c(N)n2)cc1. The number of halogens is 3. The number of nitrogens with two attached hydrogens (primary N) is 2. The van der Waals surface area contributed by atoms with Crippen LogP contribution >= 0.6 is 0 Å². The Hall–Kier alpha value is -3.10. The van der Waals surface area contributed by atoms with Gasteiger partial charge in [0.2, 0.25) is 0 Å². The van der Waals surface area contributed by atoms with Gasteiger partial charge >= 0.3 is 6.18 Å². The van der Waals surface area contributed by atoms with E-state index in [-0.39, 0.29) is 11.6 Å². The first kappa shape index (κ1) is 16.7. The molecule has 3 rings (SSSR count). The van der Waals surface area contributed by atoms with Gasteiger partial charge in [-0.3, -0.25) is 0 Å². The third kappa shape index (κ3) is 3.54. The van der Waals surface area contributed by atoms with Crippen LogP contribution in [0.5, 0.6) is 0 Å². The average Bonchev–Trinajstić information content (AvgIpc) is 2.94. The van der Waals surface area contributed by atoms with Crippen molar-refractivity contribution in [1.82, 2.24) is 19.5 Å². The van der Waals surface area contributed by atoms with E-state index in [1.54, 1.807) is 24.3 Å². The Balaban J connectivity index is 1.83. The van der Waals surface area contributed by atoms with Crippen LogP contribution in [-0.2, 0) is 19.6 Å². The molecule has 3 aromatic rings. The lowest BCUT2D eigenvalue weighted by Crippen LogP contribution is -2.05. The normalized spacial score (nSPS) is 11.7. The number of nitrogens with zero attached hydrogens (tertiary/aromatic N) is 4. The molecule has 0 saturated heterocycles. The maximum atomic E-state index is 12.8. The predicted octanol–water partition coefficient (Wildman–Crippen LogP) is 2.65. The van der Waals surface area contributed by atoms with E-state index in [0.717, 1.165) is 11.8 Å². The number of alkyl halides is 3. The van der Waals surface area contributed by atoms with Crippen molar-refractivity contribution >= 4 is 11.5 Å². The summed E-state index contributed by atoms with van der Waals surface area (Å²) in [4.78, 5) is 11.9. The first-order valence-electron chi connectivity index (χ1n) is 7.31. The molecule has 0 aliphatic heterocycles. The summed E-state index contributed by atoms with van der Waals surface area (Å²) in [5.41, 5.74) is 12.1. The van der Waals surface area contributed by atoms with Gasteiger partial charge < -0.3 is 16.0 Å². The Morgan fingerprint density at radius 2 is 1.76 bits per heavy atom. The number of rotatable bonds is 3. The predicted molar refractivity (Wildman–Crippen MR) is 87.3 cm³/mol. The van der Waals surface area contributed by atoms with Gasteiger partial charge in [0.15, 0.2) is 5.69 Å². The molecule has 0 atom stereocenters. The monoisotopic (exact) mass is 348 g/mol. The number of imidazole rings is 1. The van der Waals surface area contributed by atoms with Crippen LogP contribution in [0, 0.1) is 0 Å². The summed E-state index contributed by atoms with van der Waals surface area (Å²) in [6, 6.07) is 6.98. The van der Waals surface area contributed by atoms with Gasteiger partial charge in [-0.25, -0.2) is 15.0 Å². The van der Waals surface area contributed by atoms with Crippen molar-refractivity contribution in [3.8, 4) is 11.4 Å². The highest BCUT2D eigenvalue weighted by atomic mass is 19.4. The molecule has 0 fully saturated rings. The standard InChI is InChI=1S/C16H15F3N6/c1-25-8-12(16(17,18)19)23-15(25)10-4-2-9(3-5-10)6-13-22-7-11(20)14(21)24-13/h2-5,7-8H,6,20H2,1H3,(H2,21,22,24). The smallest absolute Gasteiger partial charge is 0.394 e. The van der Waals surface area contributed by atoms with E-state index in [9.17, 15) is 13.2 Å². The second-order valence-electron chi connectivity index (χ2n) is 5.56. The van der Waals surface area contributed by atoms with Gasteiger partial charge in [-0.15, -0.1) is 0 Å². The number of hydrogen-bond donors (Lipinski definition) is 2. The Bertz CT molecular complexity index is 899. The summed E-state index contributed by atoms with van der Waals surface area (Å²) in [5.74, 6) is 0.969. The molecule has 0 saturated carbocycles. The Kier molecular flexibility index (Phi) is 4.07. The molecule has 0 aliphatic carbocycles. The minimum atomic E-state index is -4.47. The van der Waals surface area contributed by atoms with Crippen molar-refractivity contribution in [2.24, 2.45) is 7.05 Å². The van der Waals surface area contributed by atoms with Gasteiger partial charge in [0.1, 0.15) is 17.5 Å². The number of anilines is 2. The number of aromatic nitrogens is 4. The van der Waals surface area contributed by atoms with E-state index in [1.165, 1.54) is 17.8 Å². The van der Waals surface area contributed by atoms with Crippen molar-refractivity contribution < 1.29 is 13.2 Å². The molecule has 6 nitrogen and oxygen atoms in total. The Morgan fingerprint density at radius 1 is 1.08 bits per heavy atom. The van der Waals surface area contributed by atoms with Crippen LogP contribution in [-0.4, -0.2) is 19.5 Å². The van der Waals surface area contributed by atoms with E-state index in [0.29, 0.717) is 23.5 Å². The summed E-state index contributed by atoms with van der Waals surface area (Å²) >= 11 is 0. The van der Waals surface area contributed by atoms with E-state index < -0.39 is 11.9 Å². The summed E-state index contributed by atoms with van der Waals surface area (Å²) in [6.07, 6.45) is -1.63. The van der Waals surface area contributed by atoms with Crippen LogP contribution in [0.4, 0.5) is 24.7 Å². The fourth-order valence-corrected chi connectivity index (χ4v) is 2.35. The number of benzene rings is 1. The van der Waals surface area contributed by atoms with Crippen molar-refractivity contribution in [2.75, 3.05) is 11.5 Å². The Morgan fingerprint density at radius 3 is 2.32 bits per heavy atom. The number of aryl methyl sites for hydroxylation is 1. The fraction of sp³-hybridized carbons (Fsp3) is 0.188. The van der Waals surface area contributed by atoms with Gasteiger partial charge in [0.05, 0.1) is 11.9 Å². The van der Waals surface area contributed by atoms with E-state index in [1.807, 2.05) is 0 Å². The molecule has 0 aliphatic rings. The van der Waals surface area contributed by atoms with Crippen molar-refractivity contribution in [1.29, 1.82) is 0 Å². The van der Waals surface area contributed by atoms with Gasteiger partial charge in [-0.1, -0.05) is 24.3 Å². The molecule has 0 spiro atoms. The van der Waals surface area contributed by atoms with Crippen LogP contribution in [0.15, 0.2) is 36.7 Å². The third-order valence-electron chi connectivity index (χ3n) is 3.64. The second-order valence-corrected chi connectivity index (χ2v) is 5.56. The minimum Gasteiger partial charge on any atom is -0.394 e. The molecule has 130 valence electrons. The van der Waals surface area contributed by atoms with Crippen LogP contribution < -0.4 is 11.5 Å². The van der Waals surface area contributed by atoms with E-state index in [4.69, 9.17) is 11.5 Å². The largest absolute Gasteiger partial charge is 0.434 e. The van der Waals surface area contributed by atoms with E-state index in [2.05, 4.69) is 15.0 Å². The summed E-state index contributed by atoms with van der Waals surface area (Å²) in [7, 11) is 1.52. The first-order valence-corrected chi connectivity index (χ1v) is 7.31. The lowest BCUT2D eigenvalue weighted by molar-refractivity contribution is -0.140. The van der Waals surface area contributed by atoms with Gasteiger partial charge in [-0.2, -0.15) is 13.2 Å². The maximum Gasteiger partial charge on any atom is 0.434 e. The fourth-order valence-electron chi connectivity index (χ4n) is 2.35. The van der Waals surface area contributed by atoms with Crippen LogP contribution in [0.2, 0.25) is 0 Å². The Labute approximate surface area is 141 Å². The molecule has 0 bridgehead atoms. The summed E-state index contributed by atoms with van der Waals surface area (Å²) in [5, 5.41) is 0. The molecule has 1 aromatic carbocycles. The molecule has 9 heteroatoms. The molecule has 4 N–H and O–H groups in total. The van der Waals surface area contributed by atoms with Gasteiger partial charge in [0, 0.05) is 25.2 Å². The number of nitrogen functional groups attached to an aromatic ring is 2. The second kappa shape index (κ2) is 6.08. The highest BCUT2D eigenvalue weighted by Crippen LogP contribution is 2.30. The lowest BCUT2D eigenvalue weighted by atomic mass is 10.1. The zero-order valence-electron chi connectivity index (χ0n) is 13.2. The van der Waals surface area contributed by atoms with Gasteiger partial charge in [0.25, 0.3) is 0 Å². The molecular formula is C16H15F3N6. The van der Waals surface area contributed by atoms with Gasteiger partial charge in [-0.05, 0) is 5.56 Å². The first-order chi connectivity index (χ1) is 11.7. The molecule has 0 amide bonds. The van der Waals surface area contributed by atoms with Crippen molar-refractivity contribution in [3.05, 3.63) is 53.7 Å². The minimum absolute atomic E-state index is 0.217. The van der Waals surface area contributed by atoms with Crippen molar-refractivity contribution in [2.45, 2.75) is 12.6 Å². The lowest BCUT2D eigenvalue weighted by Gasteiger charge is -2.05. The maximum absolute atomic E-state index is 12.8. The van der Waals surface area contributed by atoms with Crippen LogP contribution in [0.3, 0.4) is 0 Å². The summed E-state index contributed by atoms with van der Waals surface area (Å²) < 4.78 is 39.6. The molecule has 0 radical (unpaired) electrons. The van der Waals surface area contributed by atoms with Crippen LogP contribution in [0.1, 0.15) is 17.1 Å². The molecule has 0 unspecified atom stereocenters. The summed E-state index contributed by atoms with van der Waals surface area (Å²) in [6.45, 7) is 0. The third-order valence-corrected chi connectivity index (χ3v) is 3.64. The highest BCUT2D eigenvalue weighted by Gasteiger charge is 2.34. The van der Waals surface area contributed by atoms with Crippen molar-refractivity contribution in [3.63, 3.8) is 0 Å². The zero-order chi connectivity index (χ0) is 18.2. The topological polar surface area (TPSA) is 95.6 Å². The average molecular weight is 348 g/mol. The zero-order valence-corrected chi connectivity index (χ0v) is 13.2. The molecular weight excluding hydrogens is 333 g/mol. The molecule has 2 aromatic heterocycles. The molecule has 25 heavy (non-hydrogen) atoms. The van der Waals surface area contributed by atoms with Crippen LogP contribution in [0.25, 0.3) is 11.4 Å².